The van der Waals surface area contributed by atoms with Gasteiger partial charge < -0.3 is 4.74 Å². The number of carbonyl (C=O) groups is 1. The van der Waals surface area contributed by atoms with E-state index in [9.17, 15) is 14.9 Å². The molecule has 0 fully saturated rings. The van der Waals surface area contributed by atoms with Gasteiger partial charge in [0.2, 0.25) is 0 Å². The van der Waals surface area contributed by atoms with Crippen molar-refractivity contribution in [3.8, 4) is 0 Å². The largest absolute Gasteiger partial charge is 0.462 e. The van der Waals surface area contributed by atoms with Crippen LogP contribution in [0, 0.1) is 10.1 Å². The molecule has 0 amide bonds. The molecule has 0 aliphatic carbocycles. The van der Waals surface area contributed by atoms with Crippen molar-refractivity contribution in [1.29, 1.82) is 0 Å². The molecule has 0 saturated heterocycles. The number of ether oxygens (including phenoxy) is 1. The maximum Gasteiger partial charge on any atom is 0.328 e. The molecule has 0 spiro atoms. The summed E-state index contributed by atoms with van der Waals surface area (Å²) in [6, 6.07) is 0. The summed E-state index contributed by atoms with van der Waals surface area (Å²) in [5.74, 6) is -0.440. The van der Waals surface area contributed by atoms with Gasteiger partial charge in [0.05, 0.1) is 11.0 Å². The zero-order valence-electron chi connectivity index (χ0n) is 11.7. The van der Waals surface area contributed by atoms with Crippen LogP contribution in [0.2, 0.25) is 0 Å². The topological polar surface area (TPSA) is 87.3 Å². The zero-order chi connectivity index (χ0) is 14.6. The average molecular weight is 269 g/mol. The van der Waals surface area contributed by atoms with E-state index >= 15 is 0 Å². The lowest BCUT2D eigenvalue weighted by molar-refractivity contribution is -0.386. The Bertz CT molecular complexity index is 480. The normalized spacial score (nSPS) is 10.8. The number of aromatic nitrogens is 2. The molecule has 0 unspecified atom stereocenters. The number of hydrogen-bond acceptors (Lipinski definition) is 5. The number of esters is 1. The van der Waals surface area contributed by atoms with E-state index in [2.05, 4.69) is 5.10 Å². The number of rotatable bonds is 6. The summed E-state index contributed by atoms with van der Waals surface area (Å²) in [4.78, 5) is 22.3. The van der Waals surface area contributed by atoms with E-state index in [0.29, 0.717) is 24.2 Å². The predicted octanol–water partition coefficient (Wildman–Crippen LogP) is 1.87. The molecule has 1 rings (SSSR count). The first-order valence-electron chi connectivity index (χ1n) is 6.33. The van der Waals surface area contributed by atoms with Gasteiger partial charge in [-0.15, -0.1) is 0 Å². The highest BCUT2D eigenvalue weighted by molar-refractivity contribution is 5.69. The molecular formula is C12H19N3O4. The van der Waals surface area contributed by atoms with E-state index in [4.69, 9.17) is 4.74 Å². The molecule has 7 nitrogen and oxygen atoms in total. The van der Waals surface area contributed by atoms with Gasteiger partial charge in [0.25, 0.3) is 0 Å². The van der Waals surface area contributed by atoms with Gasteiger partial charge in [0, 0.05) is 0 Å². The third kappa shape index (κ3) is 3.52. The molecule has 0 N–H and O–H groups in total. The predicted molar refractivity (Wildman–Crippen MR) is 68.9 cm³/mol. The molecule has 0 aliphatic rings. The van der Waals surface area contributed by atoms with Gasteiger partial charge in [-0.1, -0.05) is 13.8 Å². The van der Waals surface area contributed by atoms with Crippen LogP contribution < -0.4 is 0 Å². The summed E-state index contributed by atoms with van der Waals surface area (Å²) in [6.45, 7) is 7.00. The lowest BCUT2D eigenvalue weighted by atomic mass is 10.2. The average Bonchev–Trinajstić information content (AvgIpc) is 2.65. The first-order chi connectivity index (χ1) is 8.90. The summed E-state index contributed by atoms with van der Waals surface area (Å²) in [6.07, 6.45) is 0.683. The second-order valence-electron chi connectivity index (χ2n) is 4.40. The molecule has 0 saturated carbocycles. The van der Waals surface area contributed by atoms with Crippen LogP contribution in [0.15, 0.2) is 0 Å². The summed E-state index contributed by atoms with van der Waals surface area (Å²) < 4.78 is 6.40. The fourth-order valence-corrected chi connectivity index (χ4v) is 1.89. The van der Waals surface area contributed by atoms with Crippen LogP contribution in [0.5, 0.6) is 0 Å². The van der Waals surface area contributed by atoms with Crippen molar-refractivity contribution < 1.29 is 14.5 Å². The Morgan fingerprint density at radius 3 is 2.47 bits per heavy atom. The molecular weight excluding hydrogens is 250 g/mol. The molecule has 0 aliphatic heterocycles. The summed E-state index contributed by atoms with van der Waals surface area (Å²) >= 11 is 0. The van der Waals surface area contributed by atoms with Crippen molar-refractivity contribution in [1.82, 2.24) is 9.78 Å². The third-order valence-corrected chi connectivity index (χ3v) is 2.60. The maximum atomic E-state index is 11.6. The van der Waals surface area contributed by atoms with Crippen LogP contribution in [0.25, 0.3) is 0 Å². The highest BCUT2D eigenvalue weighted by atomic mass is 16.6. The van der Waals surface area contributed by atoms with Gasteiger partial charge in [0.1, 0.15) is 17.9 Å². The minimum Gasteiger partial charge on any atom is -0.462 e. The quantitative estimate of drug-likeness (QED) is 0.447. The molecule has 1 heterocycles. The lowest BCUT2D eigenvalue weighted by Crippen LogP contribution is -2.19. The van der Waals surface area contributed by atoms with Gasteiger partial charge in [-0.3, -0.25) is 19.6 Å². The van der Waals surface area contributed by atoms with Crippen LogP contribution in [0.3, 0.4) is 0 Å². The summed E-state index contributed by atoms with van der Waals surface area (Å²) in [5.41, 5.74) is 0.879. The molecule has 1 aromatic rings. The monoisotopic (exact) mass is 269 g/mol. The summed E-state index contributed by atoms with van der Waals surface area (Å²) in [7, 11) is 0. The highest BCUT2D eigenvalue weighted by Crippen LogP contribution is 2.24. The minimum absolute atomic E-state index is 0.0161. The Balaban J connectivity index is 3.07. The van der Waals surface area contributed by atoms with E-state index in [-0.39, 0.29) is 18.3 Å². The van der Waals surface area contributed by atoms with Crippen molar-refractivity contribution in [2.75, 3.05) is 0 Å². The van der Waals surface area contributed by atoms with E-state index in [1.807, 2.05) is 0 Å². The van der Waals surface area contributed by atoms with Gasteiger partial charge in [-0.25, -0.2) is 0 Å². The molecule has 0 aromatic carbocycles. The minimum atomic E-state index is -0.440. The van der Waals surface area contributed by atoms with Gasteiger partial charge in [-0.05, 0) is 26.7 Å². The van der Waals surface area contributed by atoms with E-state index < -0.39 is 10.9 Å². The van der Waals surface area contributed by atoms with Crippen LogP contribution in [-0.4, -0.2) is 26.8 Å². The second kappa shape index (κ2) is 6.31. The number of nitrogens with zero attached hydrogens (tertiary/aromatic N) is 3. The fourth-order valence-electron chi connectivity index (χ4n) is 1.89. The smallest absolute Gasteiger partial charge is 0.328 e. The number of aryl methyl sites for hydroxylation is 1. The van der Waals surface area contributed by atoms with Crippen molar-refractivity contribution in [2.45, 2.75) is 53.2 Å². The Labute approximate surface area is 111 Å². The standard InChI is InChI=1S/C12H19N3O4/c1-5-9-12(15(17)18)10(6-2)14(13-9)7-11(16)19-8(3)4/h8H,5-7H2,1-4H3. The van der Waals surface area contributed by atoms with Crippen LogP contribution in [-0.2, 0) is 28.9 Å². The highest BCUT2D eigenvalue weighted by Gasteiger charge is 2.26. The van der Waals surface area contributed by atoms with Crippen molar-refractivity contribution in [3.05, 3.63) is 21.5 Å². The van der Waals surface area contributed by atoms with Gasteiger partial charge >= 0.3 is 11.7 Å². The molecule has 1 aromatic heterocycles. The Kier molecular flexibility index (Phi) is 5.02. The van der Waals surface area contributed by atoms with E-state index in [1.54, 1.807) is 27.7 Å². The Morgan fingerprint density at radius 2 is 2.05 bits per heavy atom. The number of nitro groups is 1. The molecule has 7 heteroatoms. The first kappa shape index (κ1) is 15.1. The van der Waals surface area contributed by atoms with Gasteiger partial charge in [-0.2, -0.15) is 5.10 Å². The maximum absolute atomic E-state index is 11.6. The third-order valence-electron chi connectivity index (χ3n) is 2.60. The van der Waals surface area contributed by atoms with E-state index in [1.165, 1.54) is 4.68 Å². The fraction of sp³-hybridized carbons (Fsp3) is 0.667. The van der Waals surface area contributed by atoms with Crippen molar-refractivity contribution >= 4 is 11.7 Å². The zero-order valence-corrected chi connectivity index (χ0v) is 11.7. The number of carbonyl (C=O) groups excluding carboxylic acids is 1. The lowest BCUT2D eigenvalue weighted by Gasteiger charge is -2.08. The van der Waals surface area contributed by atoms with Crippen LogP contribution >= 0.6 is 0 Å². The molecule has 0 atom stereocenters. The molecule has 0 radical (unpaired) electrons. The Hall–Kier alpha value is -1.92. The first-order valence-corrected chi connectivity index (χ1v) is 6.33. The van der Waals surface area contributed by atoms with Gasteiger partial charge in [0.15, 0.2) is 0 Å². The molecule has 106 valence electrons. The van der Waals surface area contributed by atoms with Crippen molar-refractivity contribution in [2.24, 2.45) is 0 Å². The van der Waals surface area contributed by atoms with Crippen LogP contribution in [0.1, 0.15) is 39.1 Å². The molecule has 19 heavy (non-hydrogen) atoms. The Morgan fingerprint density at radius 1 is 1.42 bits per heavy atom. The summed E-state index contributed by atoms with van der Waals surface area (Å²) in [5, 5.41) is 15.2. The SMILES string of the molecule is CCc1nn(CC(=O)OC(C)C)c(CC)c1[N+](=O)[O-]. The molecule has 0 bridgehead atoms. The number of hydrogen-bond donors (Lipinski definition) is 0. The van der Waals surface area contributed by atoms with Crippen LogP contribution in [0.4, 0.5) is 5.69 Å². The second-order valence-corrected chi connectivity index (χ2v) is 4.40. The van der Waals surface area contributed by atoms with E-state index in [0.717, 1.165) is 0 Å². The van der Waals surface area contributed by atoms with Crippen molar-refractivity contribution in [3.63, 3.8) is 0 Å².